The van der Waals surface area contributed by atoms with E-state index in [1.807, 2.05) is 52.8 Å². The molecule has 7 rings (SSSR count). The quantitative estimate of drug-likeness (QED) is 0.146. The molecule has 3 aromatic heterocycles. The zero-order valence-corrected chi connectivity index (χ0v) is 39.4. The van der Waals surface area contributed by atoms with Crippen LogP contribution in [0.1, 0.15) is 76.3 Å². The predicted molar refractivity (Wildman–Crippen MR) is 249 cm³/mol. The number of pyridine rings is 2. The fourth-order valence-corrected chi connectivity index (χ4v) is 9.77. The Kier molecular flexibility index (Phi) is 14.5. The maximum absolute atomic E-state index is 14.7. The van der Waals surface area contributed by atoms with E-state index in [0.29, 0.717) is 66.9 Å². The molecule has 0 radical (unpaired) electrons. The first-order valence-electron chi connectivity index (χ1n) is 22.9. The van der Waals surface area contributed by atoms with Gasteiger partial charge >= 0.3 is 5.97 Å². The Balaban J connectivity index is 1.32. The molecule has 0 spiro atoms. The molecule has 3 aliphatic heterocycles. The highest BCUT2D eigenvalue weighted by Gasteiger charge is 2.40. The van der Waals surface area contributed by atoms with Gasteiger partial charge in [0.1, 0.15) is 29.9 Å². The minimum Gasteiger partial charge on any atom is -0.508 e. The van der Waals surface area contributed by atoms with E-state index in [2.05, 4.69) is 32.9 Å². The number of aromatic nitrogens is 3. The van der Waals surface area contributed by atoms with E-state index in [4.69, 9.17) is 14.5 Å². The Bertz CT molecular complexity index is 2630. The van der Waals surface area contributed by atoms with E-state index in [-0.39, 0.29) is 56.2 Å². The number of hydrogen-bond donors (Lipinski definition) is 3. The fraction of sp³-hybridized carbons (Fsp3) is 0.480. The van der Waals surface area contributed by atoms with Crippen LogP contribution in [0.3, 0.4) is 0 Å². The number of phenolic OH excluding ortho intramolecular Hbond substituents is 1. The lowest BCUT2D eigenvalue weighted by molar-refractivity contribution is -0.155. The number of rotatable bonds is 10. The number of phenols is 1. The molecule has 2 fully saturated rings. The number of cyclic esters (lactones) is 1. The number of hydrazine groups is 1. The number of nitrogens with zero attached hydrogens (tertiary/aromatic N) is 7. The Morgan fingerprint density at radius 1 is 1.13 bits per heavy atom. The zero-order chi connectivity index (χ0) is 48.3. The summed E-state index contributed by atoms with van der Waals surface area (Å²) >= 11 is 0. The summed E-state index contributed by atoms with van der Waals surface area (Å²) in [4.78, 5) is 81.8. The number of benzene rings is 1. The molecule has 17 nitrogen and oxygen atoms in total. The topological polar surface area (TPSA) is 212 Å². The van der Waals surface area contributed by atoms with Crippen molar-refractivity contribution in [1.29, 1.82) is 5.26 Å². The number of likely N-dealkylation sites (N-methyl/N-ethyl adjacent to an activating group) is 1. The van der Waals surface area contributed by atoms with Gasteiger partial charge in [0.2, 0.25) is 17.7 Å². The van der Waals surface area contributed by atoms with E-state index >= 15 is 0 Å². The van der Waals surface area contributed by atoms with E-state index in [1.54, 1.807) is 31.3 Å². The number of aryl methyl sites for hydroxylation is 1. The van der Waals surface area contributed by atoms with Crippen molar-refractivity contribution in [3.8, 4) is 34.3 Å². The maximum atomic E-state index is 14.7. The van der Waals surface area contributed by atoms with Gasteiger partial charge in [-0.3, -0.25) is 38.9 Å². The number of methoxy groups -OCH3 is 1. The number of hydrogen-bond acceptors (Lipinski definition) is 12. The summed E-state index contributed by atoms with van der Waals surface area (Å²) in [5.74, 6) is -3.11. The highest BCUT2D eigenvalue weighted by Crippen LogP contribution is 2.41. The number of carbonyl (C=O) groups is 5. The molecule has 0 saturated carbocycles. The second-order valence-corrected chi connectivity index (χ2v) is 18.9. The summed E-state index contributed by atoms with van der Waals surface area (Å²) in [5.41, 5.74) is 8.42. The number of amides is 4. The number of likely N-dealkylation sites (tertiary alicyclic amines) is 1. The molecule has 1 aromatic carbocycles. The second kappa shape index (κ2) is 20.1. The molecule has 0 aliphatic carbocycles. The molecule has 67 heavy (non-hydrogen) atoms. The lowest BCUT2D eigenvalue weighted by Crippen LogP contribution is -2.62. The van der Waals surface area contributed by atoms with Crippen molar-refractivity contribution in [2.45, 2.75) is 98.0 Å². The molecular formula is C50H61N9O8. The van der Waals surface area contributed by atoms with Gasteiger partial charge < -0.3 is 34.3 Å². The van der Waals surface area contributed by atoms with Gasteiger partial charge in [0.25, 0.3) is 5.91 Å². The first-order chi connectivity index (χ1) is 32.0. The normalized spacial score (nSPS) is 20.2. The number of nitriles is 1. The molecule has 6 heterocycles. The van der Waals surface area contributed by atoms with Crippen molar-refractivity contribution in [2.24, 2.45) is 17.3 Å². The largest absolute Gasteiger partial charge is 0.508 e. The molecular weight excluding hydrogens is 855 g/mol. The molecule has 354 valence electrons. The summed E-state index contributed by atoms with van der Waals surface area (Å²) in [6.45, 7) is 14.9. The SMILES string of the molecule is C=CC(=O)N1CC[C@H](C(=O)N(C)[C@H](C(=O)N[C@H]2Cc3cc(O)cc(c3)-c3cc4c(c(-c5cc(C#N)cnc5COC)n(CC)c4cn3)CC(C)(C)COC(=O)[C@@H]3CCCN(N3)C2=O)C(C)C)C1. The van der Waals surface area contributed by atoms with Gasteiger partial charge in [0, 0.05) is 74.9 Å². The van der Waals surface area contributed by atoms with Gasteiger partial charge in [0.15, 0.2) is 0 Å². The number of aromatic hydroxyl groups is 1. The average Bonchev–Trinajstić information content (AvgIpc) is 3.92. The number of ether oxygens (including phenoxy) is 2. The maximum Gasteiger partial charge on any atom is 0.324 e. The standard InChI is InChI=1S/C50H61N9O8/c1-9-43(61)57-15-13-32(26-57)47(63)56(7)44(29(3)4)46(62)54-40-19-30-16-33(20-34(60)17-30)39-21-35-37(22-50(5,6)28-67-49(65)38-12-11-14-59(55-38)48(40)64)45(58(10-2)42(35)25-53-39)36-18-31(23-51)24-52-41(36)27-66-8/h9,16-18,20-21,24-25,29,32,38,40,44,55,60H,1,10-15,19,22,26-28H2,2-8H3,(H,54,62)/t32-,38-,40-,44-/m0/s1. The minimum atomic E-state index is -1.21. The number of nitrogens with one attached hydrogen (secondary N) is 2. The summed E-state index contributed by atoms with van der Waals surface area (Å²) in [5, 5.41) is 26.4. The van der Waals surface area contributed by atoms with Crippen molar-refractivity contribution >= 4 is 40.5 Å². The predicted octanol–water partition coefficient (Wildman–Crippen LogP) is 4.67. The summed E-state index contributed by atoms with van der Waals surface area (Å²) in [6.07, 6.45) is 6.22. The van der Waals surface area contributed by atoms with Crippen LogP contribution in [0.2, 0.25) is 0 Å². The fourth-order valence-electron chi connectivity index (χ4n) is 9.77. The van der Waals surface area contributed by atoms with E-state index in [9.17, 15) is 34.3 Å². The van der Waals surface area contributed by atoms with Crippen LogP contribution in [-0.2, 0) is 59.4 Å². The molecule has 4 aromatic rings. The molecule has 2 saturated heterocycles. The van der Waals surface area contributed by atoms with Crippen LogP contribution >= 0.6 is 0 Å². The summed E-state index contributed by atoms with van der Waals surface area (Å²) in [6, 6.07) is 7.93. The Morgan fingerprint density at radius 3 is 2.61 bits per heavy atom. The number of carbonyl (C=O) groups excluding carboxylic acids is 5. The first kappa shape index (κ1) is 48.3. The van der Waals surface area contributed by atoms with Gasteiger partial charge in [-0.1, -0.05) is 34.3 Å². The monoisotopic (exact) mass is 915 g/mol. The Labute approximate surface area is 391 Å². The molecule has 17 heteroatoms. The molecule has 3 N–H and O–H groups in total. The lowest BCUT2D eigenvalue weighted by atomic mass is 9.84. The van der Waals surface area contributed by atoms with Crippen LogP contribution in [-0.4, -0.2) is 123 Å². The third-order valence-electron chi connectivity index (χ3n) is 13.0. The second-order valence-electron chi connectivity index (χ2n) is 18.9. The van der Waals surface area contributed by atoms with Crippen LogP contribution in [0.15, 0.2) is 55.4 Å². The van der Waals surface area contributed by atoms with Crippen molar-refractivity contribution in [1.82, 2.24) is 40.1 Å². The highest BCUT2D eigenvalue weighted by atomic mass is 16.5. The smallest absolute Gasteiger partial charge is 0.324 e. The molecule has 0 unspecified atom stereocenters. The number of fused-ring (bicyclic) bond motifs is 6. The molecule has 4 atom stereocenters. The van der Waals surface area contributed by atoms with Crippen molar-refractivity contribution < 1.29 is 38.6 Å². The van der Waals surface area contributed by atoms with Gasteiger partial charge in [-0.15, -0.1) is 0 Å². The Hall–Kier alpha value is -6.64. The van der Waals surface area contributed by atoms with Crippen LogP contribution in [0.4, 0.5) is 0 Å². The van der Waals surface area contributed by atoms with Gasteiger partial charge in [-0.2, -0.15) is 5.26 Å². The number of esters is 1. The first-order valence-corrected chi connectivity index (χ1v) is 22.9. The van der Waals surface area contributed by atoms with Crippen LogP contribution in [0.5, 0.6) is 5.75 Å². The van der Waals surface area contributed by atoms with Crippen molar-refractivity contribution in [2.75, 3.05) is 40.4 Å². The third kappa shape index (κ3) is 10.2. The zero-order valence-electron chi connectivity index (χ0n) is 39.4. The summed E-state index contributed by atoms with van der Waals surface area (Å²) < 4.78 is 13.8. The van der Waals surface area contributed by atoms with Crippen LogP contribution in [0.25, 0.3) is 33.4 Å². The van der Waals surface area contributed by atoms with Crippen LogP contribution in [0, 0.1) is 28.6 Å². The molecule has 4 amide bonds. The van der Waals surface area contributed by atoms with E-state index in [1.165, 1.54) is 28.2 Å². The van der Waals surface area contributed by atoms with Crippen molar-refractivity contribution in [3.63, 3.8) is 0 Å². The van der Waals surface area contributed by atoms with Gasteiger partial charge in [0.05, 0.1) is 53.5 Å². The van der Waals surface area contributed by atoms with Crippen LogP contribution < -0.4 is 10.7 Å². The average molecular weight is 916 g/mol. The van der Waals surface area contributed by atoms with E-state index < -0.39 is 47.2 Å². The van der Waals surface area contributed by atoms with Gasteiger partial charge in [-0.05, 0) is 86.1 Å². The third-order valence-corrected chi connectivity index (χ3v) is 13.0. The van der Waals surface area contributed by atoms with E-state index in [0.717, 1.165) is 27.7 Å². The molecule has 3 aliphatic rings. The Morgan fingerprint density at radius 2 is 1.91 bits per heavy atom. The van der Waals surface area contributed by atoms with Crippen molar-refractivity contribution in [3.05, 3.63) is 77.8 Å². The minimum absolute atomic E-state index is 0.0381. The van der Waals surface area contributed by atoms with Gasteiger partial charge in [-0.25, -0.2) is 5.43 Å². The highest BCUT2D eigenvalue weighted by molar-refractivity contribution is 5.95. The summed E-state index contributed by atoms with van der Waals surface area (Å²) in [7, 11) is 3.15. The lowest BCUT2D eigenvalue weighted by Gasteiger charge is -2.37. The molecule has 6 bridgehead atoms.